The van der Waals surface area contributed by atoms with Gasteiger partial charge in [0, 0.05) is 0 Å². The lowest BCUT2D eigenvalue weighted by atomic mass is 10.0. The van der Waals surface area contributed by atoms with E-state index in [1.54, 1.807) is 12.1 Å². The lowest BCUT2D eigenvalue weighted by Crippen LogP contribution is -2.15. The molecule has 25 heavy (non-hydrogen) atoms. The van der Waals surface area contributed by atoms with Gasteiger partial charge in [0.1, 0.15) is 5.75 Å². The van der Waals surface area contributed by atoms with Gasteiger partial charge in [-0.25, -0.2) is 4.79 Å². The van der Waals surface area contributed by atoms with E-state index in [0.717, 1.165) is 29.7 Å². The Morgan fingerprint density at radius 2 is 1.52 bits per heavy atom. The average molecular weight is 340 g/mol. The fourth-order valence-electron chi connectivity index (χ4n) is 2.87. The molecule has 3 nitrogen and oxygen atoms in total. The molecule has 134 valence electrons. The van der Waals surface area contributed by atoms with Crippen molar-refractivity contribution in [1.29, 1.82) is 0 Å². The molecular weight excluding hydrogens is 312 g/mol. The highest BCUT2D eigenvalue weighted by molar-refractivity contribution is 5.88. The van der Waals surface area contributed by atoms with Crippen LogP contribution in [0.1, 0.15) is 62.7 Å². The minimum absolute atomic E-state index is 0.276. The van der Waals surface area contributed by atoms with E-state index in [4.69, 9.17) is 9.84 Å². The second-order valence-electron chi connectivity index (χ2n) is 6.40. The van der Waals surface area contributed by atoms with Crippen LogP contribution in [0.5, 0.6) is 5.75 Å². The first-order valence-electron chi connectivity index (χ1n) is 9.24. The zero-order valence-electron chi connectivity index (χ0n) is 15.2. The minimum Gasteiger partial charge on any atom is -0.490 e. The zero-order chi connectivity index (χ0) is 18.1. The number of hydrogen-bond donors (Lipinski definition) is 1. The van der Waals surface area contributed by atoms with Gasteiger partial charge in [-0.2, -0.15) is 0 Å². The molecule has 0 spiro atoms. The maximum atomic E-state index is 10.9. The summed E-state index contributed by atoms with van der Waals surface area (Å²) in [5, 5.41) is 8.96. The van der Waals surface area contributed by atoms with Crippen LogP contribution in [-0.4, -0.2) is 17.2 Å². The number of aromatic carboxylic acids is 1. The molecule has 0 aromatic heterocycles. The standard InChI is InChI=1S/C22H28O3/c1-3-5-6-7-8-20(4-2)25-21-15-13-18(14-16-21)17-9-11-19(12-10-17)22(23)24/h9-16,20H,3-8H2,1-2H3,(H,23,24)/t20-/m1/s1. The Morgan fingerprint density at radius 3 is 2.04 bits per heavy atom. The fraction of sp³-hybridized carbons (Fsp3) is 0.409. The first kappa shape index (κ1) is 19.0. The average Bonchev–Trinajstić information content (AvgIpc) is 2.65. The molecule has 0 saturated carbocycles. The Balaban J connectivity index is 1.95. The Labute approximate surface area is 150 Å². The van der Waals surface area contributed by atoms with Crippen molar-refractivity contribution in [2.75, 3.05) is 0 Å². The Bertz CT molecular complexity index is 644. The largest absolute Gasteiger partial charge is 0.490 e. The molecule has 0 heterocycles. The molecule has 0 aliphatic carbocycles. The van der Waals surface area contributed by atoms with Crippen molar-refractivity contribution in [2.24, 2.45) is 0 Å². The van der Waals surface area contributed by atoms with Gasteiger partial charge in [-0.05, 0) is 54.7 Å². The van der Waals surface area contributed by atoms with E-state index >= 15 is 0 Å². The highest BCUT2D eigenvalue weighted by Crippen LogP contribution is 2.24. The molecule has 0 saturated heterocycles. The normalized spacial score (nSPS) is 11.9. The molecule has 0 fully saturated rings. The topological polar surface area (TPSA) is 46.5 Å². The predicted molar refractivity (Wildman–Crippen MR) is 102 cm³/mol. The quantitative estimate of drug-likeness (QED) is 0.525. The number of ether oxygens (including phenoxy) is 1. The second-order valence-corrected chi connectivity index (χ2v) is 6.40. The predicted octanol–water partition coefficient (Wildman–Crippen LogP) is 6.18. The molecule has 0 amide bonds. The third-order valence-corrected chi connectivity index (χ3v) is 4.46. The fourth-order valence-corrected chi connectivity index (χ4v) is 2.87. The SMILES string of the molecule is CCCCCC[C@@H](CC)Oc1ccc(-c2ccc(C(=O)O)cc2)cc1. The van der Waals surface area contributed by atoms with Gasteiger partial charge in [-0.15, -0.1) is 0 Å². The van der Waals surface area contributed by atoms with Gasteiger partial charge in [0.25, 0.3) is 0 Å². The maximum absolute atomic E-state index is 10.9. The third-order valence-electron chi connectivity index (χ3n) is 4.46. The molecule has 0 aliphatic rings. The number of carbonyl (C=O) groups is 1. The van der Waals surface area contributed by atoms with Gasteiger partial charge in [0.2, 0.25) is 0 Å². The number of unbranched alkanes of at least 4 members (excludes halogenated alkanes) is 3. The molecule has 0 aliphatic heterocycles. The molecule has 0 unspecified atom stereocenters. The smallest absolute Gasteiger partial charge is 0.335 e. The summed E-state index contributed by atoms with van der Waals surface area (Å²) in [6.45, 7) is 4.40. The van der Waals surface area contributed by atoms with Crippen LogP contribution in [0, 0.1) is 0 Å². The number of carboxylic acids is 1. The van der Waals surface area contributed by atoms with Gasteiger partial charge >= 0.3 is 5.97 Å². The molecule has 2 rings (SSSR count). The molecule has 1 N–H and O–H groups in total. The first-order chi connectivity index (χ1) is 12.1. The van der Waals surface area contributed by atoms with Gasteiger partial charge < -0.3 is 9.84 Å². The van der Waals surface area contributed by atoms with Crippen LogP contribution in [0.25, 0.3) is 11.1 Å². The Kier molecular flexibility index (Phi) is 7.52. The van der Waals surface area contributed by atoms with Crippen molar-refractivity contribution < 1.29 is 14.6 Å². The molecule has 2 aromatic carbocycles. The maximum Gasteiger partial charge on any atom is 0.335 e. The van der Waals surface area contributed by atoms with E-state index in [2.05, 4.69) is 13.8 Å². The molecular formula is C22H28O3. The van der Waals surface area contributed by atoms with E-state index in [0.29, 0.717) is 5.56 Å². The summed E-state index contributed by atoms with van der Waals surface area (Å²) in [6, 6.07) is 15.0. The van der Waals surface area contributed by atoms with E-state index in [9.17, 15) is 4.79 Å². The lowest BCUT2D eigenvalue weighted by molar-refractivity contribution is 0.0697. The summed E-state index contributed by atoms with van der Waals surface area (Å²) in [4.78, 5) is 10.9. The number of hydrogen-bond acceptors (Lipinski definition) is 2. The second kappa shape index (κ2) is 9.87. The van der Waals surface area contributed by atoms with Crippen molar-refractivity contribution in [3.05, 3.63) is 54.1 Å². The van der Waals surface area contributed by atoms with Gasteiger partial charge in [0.15, 0.2) is 0 Å². The lowest BCUT2D eigenvalue weighted by Gasteiger charge is -2.18. The zero-order valence-corrected chi connectivity index (χ0v) is 15.2. The monoisotopic (exact) mass is 340 g/mol. The minimum atomic E-state index is -0.903. The number of carboxylic acid groups (broad SMARTS) is 1. The molecule has 1 atom stereocenters. The van der Waals surface area contributed by atoms with E-state index < -0.39 is 5.97 Å². The van der Waals surface area contributed by atoms with E-state index in [1.807, 2.05) is 36.4 Å². The van der Waals surface area contributed by atoms with E-state index in [1.165, 1.54) is 25.7 Å². The van der Waals surface area contributed by atoms with Crippen LogP contribution in [0.15, 0.2) is 48.5 Å². The van der Waals surface area contributed by atoms with E-state index in [-0.39, 0.29) is 6.10 Å². The van der Waals surface area contributed by atoms with Crippen molar-refractivity contribution in [1.82, 2.24) is 0 Å². The van der Waals surface area contributed by atoms with Crippen molar-refractivity contribution >= 4 is 5.97 Å². The molecule has 0 bridgehead atoms. The third kappa shape index (κ3) is 5.93. The Hall–Kier alpha value is -2.29. The summed E-state index contributed by atoms with van der Waals surface area (Å²) in [5.41, 5.74) is 2.36. The summed E-state index contributed by atoms with van der Waals surface area (Å²) < 4.78 is 6.11. The van der Waals surface area contributed by atoms with Crippen LogP contribution in [-0.2, 0) is 0 Å². The molecule has 0 radical (unpaired) electrons. The summed E-state index contributed by atoms with van der Waals surface area (Å²) in [5.74, 6) is -0.00640. The number of rotatable bonds is 10. The van der Waals surface area contributed by atoms with Crippen molar-refractivity contribution in [3.8, 4) is 16.9 Å². The summed E-state index contributed by atoms with van der Waals surface area (Å²) in [7, 11) is 0. The Morgan fingerprint density at radius 1 is 0.920 bits per heavy atom. The van der Waals surface area contributed by atoms with Crippen molar-refractivity contribution in [2.45, 2.75) is 58.5 Å². The van der Waals surface area contributed by atoms with Crippen LogP contribution in [0.3, 0.4) is 0 Å². The van der Waals surface area contributed by atoms with Crippen LogP contribution in [0.2, 0.25) is 0 Å². The molecule has 3 heteroatoms. The first-order valence-corrected chi connectivity index (χ1v) is 9.24. The summed E-state index contributed by atoms with van der Waals surface area (Å²) in [6.07, 6.45) is 7.46. The van der Waals surface area contributed by atoms with Gasteiger partial charge in [0.05, 0.1) is 11.7 Å². The van der Waals surface area contributed by atoms with Gasteiger partial charge in [-0.3, -0.25) is 0 Å². The molecule has 2 aromatic rings. The highest BCUT2D eigenvalue weighted by Gasteiger charge is 2.08. The van der Waals surface area contributed by atoms with Crippen molar-refractivity contribution in [3.63, 3.8) is 0 Å². The van der Waals surface area contributed by atoms with Crippen LogP contribution >= 0.6 is 0 Å². The summed E-state index contributed by atoms with van der Waals surface area (Å²) >= 11 is 0. The van der Waals surface area contributed by atoms with Gasteiger partial charge in [-0.1, -0.05) is 57.4 Å². The van der Waals surface area contributed by atoms with Crippen LogP contribution in [0.4, 0.5) is 0 Å². The van der Waals surface area contributed by atoms with Crippen LogP contribution < -0.4 is 4.74 Å². The number of benzene rings is 2. The highest BCUT2D eigenvalue weighted by atomic mass is 16.5.